The van der Waals surface area contributed by atoms with Gasteiger partial charge in [0.25, 0.3) is 0 Å². The molecule has 1 fully saturated rings. The predicted octanol–water partition coefficient (Wildman–Crippen LogP) is 1.36. The largest absolute Gasteiger partial charge is 0.383 e. The van der Waals surface area contributed by atoms with E-state index in [9.17, 15) is 13.2 Å². The zero-order valence-electron chi connectivity index (χ0n) is 13.3. The summed E-state index contributed by atoms with van der Waals surface area (Å²) in [5, 5.41) is 3.32. The van der Waals surface area contributed by atoms with Crippen LogP contribution in [0.25, 0.3) is 0 Å². The molecule has 1 aromatic carbocycles. The third-order valence-electron chi connectivity index (χ3n) is 3.90. The number of sulfonamides is 1. The predicted molar refractivity (Wildman–Crippen MR) is 90.7 cm³/mol. The minimum Gasteiger partial charge on any atom is -0.383 e. The highest BCUT2D eigenvalue weighted by Crippen LogP contribution is 2.20. The second-order valence-corrected chi connectivity index (χ2v) is 7.42. The lowest BCUT2D eigenvalue weighted by molar-refractivity contribution is 0.101. The fourth-order valence-corrected chi connectivity index (χ4v) is 3.84. The van der Waals surface area contributed by atoms with Crippen LogP contribution < -0.4 is 10.0 Å². The number of carbonyl (C=O) groups excluding carboxylic acids is 1. The van der Waals surface area contributed by atoms with Crippen LogP contribution in [-0.4, -0.2) is 46.5 Å². The average molecular weight is 363 g/mol. The van der Waals surface area contributed by atoms with E-state index in [0.29, 0.717) is 12.2 Å². The quantitative estimate of drug-likeness (QED) is 0.715. The van der Waals surface area contributed by atoms with Crippen molar-refractivity contribution in [2.24, 2.45) is 0 Å². The number of hydrogen-bond acceptors (Lipinski definition) is 5. The molecule has 1 atom stereocenters. The van der Waals surface area contributed by atoms with E-state index in [1.165, 1.54) is 19.1 Å². The first kappa shape index (κ1) is 20.1. The topological polar surface area (TPSA) is 84.5 Å². The number of ketones is 1. The molecule has 1 heterocycles. The number of benzene rings is 1. The van der Waals surface area contributed by atoms with E-state index in [1.54, 1.807) is 19.2 Å². The van der Waals surface area contributed by atoms with Crippen molar-refractivity contribution in [2.75, 3.05) is 26.8 Å². The average Bonchev–Trinajstić information content (AvgIpc) is 2.95. The van der Waals surface area contributed by atoms with E-state index >= 15 is 0 Å². The lowest BCUT2D eigenvalue weighted by atomic mass is 9.99. The summed E-state index contributed by atoms with van der Waals surface area (Å²) in [4.78, 5) is 11.5. The molecule has 2 N–H and O–H groups in total. The van der Waals surface area contributed by atoms with Crippen molar-refractivity contribution in [2.45, 2.75) is 30.2 Å². The van der Waals surface area contributed by atoms with Crippen LogP contribution in [0.4, 0.5) is 0 Å². The number of hydrogen-bond donors (Lipinski definition) is 2. The van der Waals surface area contributed by atoms with Gasteiger partial charge in [0.05, 0.1) is 17.0 Å². The molecule has 0 amide bonds. The highest BCUT2D eigenvalue weighted by molar-refractivity contribution is 7.89. The van der Waals surface area contributed by atoms with E-state index in [4.69, 9.17) is 4.74 Å². The number of rotatable bonds is 7. The van der Waals surface area contributed by atoms with Gasteiger partial charge in [0.1, 0.15) is 0 Å². The molecule has 1 unspecified atom stereocenters. The van der Waals surface area contributed by atoms with Gasteiger partial charge >= 0.3 is 0 Å². The fraction of sp³-hybridized carbons (Fsp3) is 0.533. The van der Waals surface area contributed by atoms with E-state index in [-0.39, 0.29) is 35.2 Å². The Kier molecular flexibility index (Phi) is 7.16. The zero-order valence-corrected chi connectivity index (χ0v) is 14.9. The van der Waals surface area contributed by atoms with Crippen molar-refractivity contribution in [3.63, 3.8) is 0 Å². The van der Waals surface area contributed by atoms with Crippen molar-refractivity contribution < 1.29 is 17.9 Å². The molecular formula is C15H23ClN2O4S. The molecule has 2 rings (SSSR count). The normalized spacial score (nSPS) is 21.0. The minimum absolute atomic E-state index is 0. The summed E-state index contributed by atoms with van der Waals surface area (Å²) in [7, 11) is -2.05. The first-order chi connectivity index (χ1) is 10.4. The molecule has 1 saturated heterocycles. The van der Waals surface area contributed by atoms with E-state index in [0.717, 1.165) is 19.4 Å². The number of Topliss-reactive ketones (excluding diaryl/α,β-unsaturated/α-hetero) is 1. The summed E-state index contributed by atoms with van der Waals surface area (Å²) < 4.78 is 32.7. The number of nitrogens with one attached hydrogen (secondary N) is 2. The molecule has 1 aliphatic heterocycles. The summed E-state index contributed by atoms with van der Waals surface area (Å²) >= 11 is 0. The molecule has 0 saturated carbocycles. The lowest BCUT2D eigenvalue weighted by Crippen LogP contribution is -2.52. The molecule has 0 radical (unpaired) electrons. The van der Waals surface area contributed by atoms with Gasteiger partial charge in [-0.1, -0.05) is 12.1 Å². The number of carbonyl (C=O) groups is 1. The van der Waals surface area contributed by atoms with Gasteiger partial charge in [-0.2, -0.15) is 0 Å². The van der Waals surface area contributed by atoms with Crippen LogP contribution in [0, 0.1) is 0 Å². The fourth-order valence-electron chi connectivity index (χ4n) is 2.67. The number of ether oxygens (including phenoxy) is 1. The highest BCUT2D eigenvalue weighted by atomic mass is 35.5. The molecule has 0 spiro atoms. The summed E-state index contributed by atoms with van der Waals surface area (Å²) in [6, 6.07) is 6.06. The van der Waals surface area contributed by atoms with Crippen LogP contribution in [0.5, 0.6) is 0 Å². The van der Waals surface area contributed by atoms with Gasteiger partial charge in [-0.05, 0) is 38.4 Å². The van der Waals surface area contributed by atoms with E-state index in [2.05, 4.69) is 10.0 Å². The Bertz CT molecular complexity index is 643. The van der Waals surface area contributed by atoms with Crippen LogP contribution in [-0.2, 0) is 14.8 Å². The van der Waals surface area contributed by atoms with Crippen molar-refractivity contribution in [1.29, 1.82) is 0 Å². The van der Waals surface area contributed by atoms with Crippen LogP contribution in [0.2, 0.25) is 0 Å². The highest BCUT2D eigenvalue weighted by Gasteiger charge is 2.34. The zero-order chi connectivity index (χ0) is 16.2. The van der Waals surface area contributed by atoms with Crippen molar-refractivity contribution in [3.05, 3.63) is 29.8 Å². The Morgan fingerprint density at radius 2 is 2.17 bits per heavy atom. The maximum atomic E-state index is 12.4. The smallest absolute Gasteiger partial charge is 0.240 e. The van der Waals surface area contributed by atoms with Crippen LogP contribution in [0.1, 0.15) is 30.1 Å². The van der Waals surface area contributed by atoms with Gasteiger partial charge in [-0.25, -0.2) is 13.1 Å². The molecule has 130 valence electrons. The molecule has 0 aromatic heterocycles. The summed E-state index contributed by atoms with van der Waals surface area (Å²) in [6.45, 7) is 2.97. The second-order valence-electron chi connectivity index (χ2n) is 5.65. The molecule has 6 nitrogen and oxygen atoms in total. The molecule has 1 aromatic rings. The molecule has 1 aliphatic rings. The van der Waals surface area contributed by atoms with Gasteiger partial charge in [-0.15, -0.1) is 12.4 Å². The van der Waals surface area contributed by atoms with Gasteiger partial charge in [0.15, 0.2) is 5.78 Å². The number of methoxy groups -OCH3 is 1. The molecule has 8 heteroatoms. The standard InChI is InChI=1S/C15H22N2O4S.ClH/c1-12(18)13-5-3-6-14(9-13)22(19,20)17-10-15(11-21-2)7-4-8-16-15;/h3,5-6,9,16-17H,4,7-8,10-11H2,1-2H3;1H. The summed E-state index contributed by atoms with van der Waals surface area (Å²) in [5.41, 5.74) is 0.0217. The molecule has 0 bridgehead atoms. The minimum atomic E-state index is -3.66. The Labute approximate surface area is 143 Å². The first-order valence-corrected chi connectivity index (χ1v) is 8.71. The van der Waals surface area contributed by atoms with Gasteiger partial charge in [0, 0.05) is 19.2 Å². The SMILES string of the molecule is COCC1(CNS(=O)(=O)c2cccc(C(C)=O)c2)CCCN1.Cl. The summed E-state index contributed by atoms with van der Waals surface area (Å²) in [6.07, 6.45) is 1.85. The van der Waals surface area contributed by atoms with Crippen molar-refractivity contribution in [1.82, 2.24) is 10.0 Å². The number of halogens is 1. The second kappa shape index (κ2) is 8.21. The monoisotopic (exact) mass is 362 g/mol. The third kappa shape index (κ3) is 4.99. The van der Waals surface area contributed by atoms with Crippen molar-refractivity contribution >= 4 is 28.2 Å². The van der Waals surface area contributed by atoms with Crippen LogP contribution >= 0.6 is 12.4 Å². The third-order valence-corrected chi connectivity index (χ3v) is 5.30. The molecule has 23 heavy (non-hydrogen) atoms. The Morgan fingerprint density at radius 3 is 2.74 bits per heavy atom. The van der Waals surface area contributed by atoms with Gasteiger partial charge < -0.3 is 10.1 Å². The lowest BCUT2D eigenvalue weighted by Gasteiger charge is -2.28. The van der Waals surface area contributed by atoms with Gasteiger partial charge in [-0.3, -0.25) is 4.79 Å². The first-order valence-electron chi connectivity index (χ1n) is 7.23. The van der Waals surface area contributed by atoms with Gasteiger partial charge in [0.2, 0.25) is 10.0 Å². The Balaban J connectivity index is 0.00000264. The molecular weight excluding hydrogens is 340 g/mol. The van der Waals surface area contributed by atoms with Crippen LogP contribution in [0.15, 0.2) is 29.2 Å². The van der Waals surface area contributed by atoms with Crippen molar-refractivity contribution in [3.8, 4) is 0 Å². The Hall–Kier alpha value is -0.990. The molecule has 0 aliphatic carbocycles. The maximum absolute atomic E-state index is 12.4. The maximum Gasteiger partial charge on any atom is 0.240 e. The summed E-state index contributed by atoms with van der Waals surface area (Å²) in [5.74, 6) is -0.162. The van der Waals surface area contributed by atoms with Crippen LogP contribution in [0.3, 0.4) is 0 Å². The Morgan fingerprint density at radius 1 is 1.43 bits per heavy atom. The van der Waals surface area contributed by atoms with E-state index in [1.807, 2.05) is 0 Å². The van der Waals surface area contributed by atoms with E-state index < -0.39 is 10.0 Å².